The molecule has 1 aliphatic heterocycles. The Bertz CT molecular complexity index is 828. The van der Waals surface area contributed by atoms with Gasteiger partial charge in [-0.2, -0.15) is 26.3 Å². The van der Waals surface area contributed by atoms with Gasteiger partial charge in [0.2, 0.25) is 0 Å². The van der Waals surface area contributed by atoms with Crippen LogP contribution in [-0.4, -0.2) is 36.1 Å². The normalized spacial score (nSPS) is 15.8. The maximum atomic E-state index is 13.2. The highest BCUT2D eigenvalue weighted by Crippen LogP contribution is 2.36. The summed E-state index contributed by atoms with van der Waals surface area (Å²) in [5.74, 6) is -0.0836. The lowest BCUT2D eigenvalue weighted by molar-refractivity contribution is -0.141. The molecule has 3 heterocycles. The molecule has 0 atom stereocenters. The predicted octanol–water partition coefficient (Wildman–Crippen LogP) is 3.30. The first-order valence-corrected chi connectivity index (χ1v) is 8.40. The monoisotopic (exact) mass is 405 g/mol. The number of hydrogen-bond donors (Lipinski definition) is 1. The second-order valence-electron chi connectivity index (χ2n) is 6.23. The molecule has 1 aliphatic rings. The van der Waals surface area contributed by atoms with Gasteiger partial charge in [-0.25, -0.2) is 9.97 Å². The molecule has 2 aromatic rings. The zero-order valence-electron chi connectivity index (χ0n) is 14.6. The third-order valence-corrected chi connectivity index (χ3v) is 4.44. The lowest BCUT2D eigenvalue weighted by atomic mass is 10.1. The van der Waals surface area contributed by atoms with Crippen molar-refractivity contribution in [3.63, 3.8) is 0 Å². The van der Waals surface area contributed by atoms with Crippen LogP contribution in [-0.2, 0) is 18.9 Å². The van der Waals surface area contributed by atoms with Gasteiger partial charge in [0, 0.05) is 44.5 Å². The Balaban J connectivity index is 1.82. The molecule has 3 rings (SSSR count). The molecule has 0 unspecified atom stereocenters. The highest BCUT2D eigenvalue weighted by molar-refractivity contribution is 5.53. The average molecular weight is 405 g/mol. The van der Waals surface area contributed by atoms with E-state index in [0.29, 0.717) is 5.56 Å². The molecule has 0 spiro atoms. The summed E-state index contributed by atoms with van der Waals surface area (Å²) >= 11 is 0. The van der Waals surface area contributed by atoms with Gasteiger partial charge in [-0.05, 0) is 18.2 Å². The first-order valence-electron chi connectivity index (χ1n) is 8.40. The molecular weight excluding hydrogens is 388 g/mol. The summed E-state index contributed by atoms with van der Waals surface area (Å²) in [6.45, 7) is 0.688. The summed E-state index contributed by atoms with van der Waals surface area (Å²) in [6.07, 6.45) is -7.87. The number of rotatable bonds is 3. The molecule has 0 aliphatic carbocycles. The SMILES string of the molecule is NCc1ccc(C(F)(F)F)nc1N1CCN(c2ncccc2C(F)(F)F)CC1. The van der Waals surface area contributed by atoms with E-state index >= 15 is 0 Å². The Morgan fingerprint density at radius 2 is 1.46 bits per heavy atom. The van der Waals surface area contributed by atoms with Crippen molar-refractivity contribution in [3.05, 3.63) is 47.3 Å². The van der Waals surface area contributed by atoms with E-state index in [1.165, 1.54) is 23.2 Å². The molecule has 1 fully saturated rings. The summed E-state index contributed by atoms with van der Waals surface area (Å²) < 4.78 is 78.5. The largest absolute Gasteiger partial charge is 0.433 e. The minimum atomic E-state index is -4.60. The molecule has 5 nitrogen and oxygen atoms in total. The van der Waals surface area contributed by atoms with Gasteiger partial charge < -0.3 is 15.5 Å². The van der Waals surface area contributed by atoms with Crippen LogP contribution in [0, 0.1) is 0 Å². The van der Waals surface area contributed by atoms with Crippen molar-refractivity contribution in [2.24, 2.45) is 5.73 Å². The van der Waals surface area contributed by atoms with Crippen molar-refractivity contribution in [3.8, 4) is 0 Å². The molecule has 0 amide bonds. The summed E-state index contributed by atoms with van der Waals surface area (Å²) in [6, 6.07) is 4.31. The number of anilines is 2. The van der Waals surface area contributed by atoms with Crippen molar-refractivity contribution in [2.75, 3.05) is 36.0 Å². The Labute approximate surface area is 156 Å². The molecule has 2 aromatic heterocycles. The molecule has 152 valence electrons. The van der Waals surface area contributed by atoms with Gasteiger partial charge in [0.25, 0.3) is 0 Å². The second kappa shape index (κ2) is 7.46. The van der Waals surface area contributed by atoms with Crippen LogP contribution in [0.2, 0.25) is 0 Å². The number of halogens is 6. The minimum Gasteiger partial charge on any atom is -0.353 e. The van der Waals surface area contributed by atoms with E-state index in [9.17, 15) is 26.3 Å². The van der Waals surface area contributed by atoms with Crippen molar-refractivity contribution in [1.29, 1.82) is 0 Å². The first-order chi connectivity index (χ1) is 13.1. The van der Waals surface area contributed by atoms with Crippen LogP contribution < -0.4 is 15.5 Å². The first kappa shape index (κ1) is 20.2. The van der Waals surface area contributed by atoms with Crippen molar-refractivity contribution >= 4 is 11.6 Å². The maximum absolute atomic E-state index is 13.2. The molecule has 28 heavy (non-hydrogen) atoms. The van der Waals surface area contributed by atoms with Crippen LogP contribution in [0.25, 0.3) is 0 Å². The Hall–Kier alpha value is -2.56. The lowest BCUT2D eigenvalue weighted by Gasteiger charge is -2.37. The fourth-order valence-corrected chi connectivity index (χ4v) is 3.07. The molecule has 0 aromatic carbocycles. The smallest absolute Gasteiger partial charge is 0.353 e. The third kappa shape index (κ3) is 4.13. The van der Waals surface area contributed by atoms with Gasteiger partial charge in [0.15, 0.2) is 0 Å². The molecule has 0 radical (unpaired) electrons. The summed E-state index contributed by atoms with van der Waals surface area (Å²) in [5.41, 5.74) is 4.17. The lowest BCUT2D eigenvalue weighted by Crippen LogP contribution is -2.48. The van der Waals surface area contributed by atoms with Crippen LogP contribution in [0.15, 0.2) is 30.5 Å². The fourth-order valence-electron chi connectivity index (χ4n) is 3.07. The van der Waals surface area contributed by atoms with Gasteiger partial charge >= 0.3 is 12.4 Å². The van der Waals surface area contributed by atoms with Crippen LogP contribution in [0.4, 0.5) is 38.0 Å². The van der Waals surface area contributed by atoms with Gasteiger partial charge in [-0.15, -0.1) is 0 Å². The quantitative estimate of drug-likeness (QED) is 0.795. The minimum absolute atomic E-state index is 0.000846. The zero-order chi connectivity index (χ0) is 20.5. The molecule has 0 bridgehead atoms. The number of alkyl halides is 6. The summed E-state index contributed by atoms with van der Waals surface area (Å²) in [5, 5.41) is 0. The van der Waals surface area contributed by atoms with Crippen LogP contribution in [0.3, 0.4) is 0 Å². The van der Waals surface area contributed by atoms with Gasteiger partial charge in [-0.1, -0.05) is 6.07 Å². The van der Waals surface area contributed by atoms with Gasteiger partial charge in [0.1, 0.15) is 17.3 Å². The van der Waals surface area contributed by atoms with Crippen LogP contribution in [0.5, 0.6) is 0 Å². The summed E-state index contributed by atoms with van der Waals surface area (Å²) in [4.78, 5) is 10.6. The number of pyridine rings is 2. The molecular formula is C17H17F6N5. The van der Waals surface area contributed by atoms with E-state index in [2.05, 4.69) is 9.97 Å². The molecule has 0 saturated carbocycles. The van der Waals surface area contributed by atoms with E-state index in [1.54, 1.807) is 4.90 Å². The fraction of sp³-hybridized carbons (Fsp3) is 0.412. The predicted molar refractivity (Wildman–Crippen MR) is 90.8 cm³/mol. The van der Waals surface area contributed by atoms with E-state index in [-0.39, 0.29) is 44.4 Å². The number of aromatic nitrogens is 2. The van der Waals surface area contributed by atoms with E-state index in [1.807, 2.05) is 0 Å². The maximum Gasteiger partial charge on any atom is 0.433 e. The topological polar surface area (TPSA) is 58.3 Å². The van der Waals surface area contributed by atoms with Crippen molar-refractivity contribution < 1.29 is 26.3 Å². The van der Waals surface area contributed by atoms with E-state index in [4.69, 9.17) is 5.73 Å². The Morgan fingerprint density at radius 3 is 2.00 bits per heavy atom. The summed E-state index contributed by atoms with van der Waals surface area (Å²) in [7, 11) is 0. The standard InChI is InChI=1S/C17H17F6N5/c18-16(19,20)12-2-1-5-25-15(12)28-8-6-27(7-9-28)14-11(10-24)3-4-13(26-14)17(21,22)23/h1-5H,6-10,24H2. The third-order valence-electron chi connectivity index (χ3n) is 4.44. The van der Waals surface area contributed by atoms with Crippen molar-refractivity contribution in [2.45, 2.75) is 18.9 Å². The second-order valence-corrected chi connectivity index (χ2v) is 6.23. The van der Waals surface area contributed by atoms with Crippen LogP contribution in [0.1, 0.15) is 16.8 Å². The molecule has 1 saturated heterocycles. The number of nitrogens with two attached hydrogens (primary N) is 1. The highest BCUT2D eigenvalue weighted by Gasteiger charge is 2.37. The van der Waals surface area contributed by atoms with Gasteiger partial charge in [-0.3, -0.25) is 0 Å². The average Bonchev–Trinajstić information content (AvgIpc) is 2.66. The number of piperazine rings is 1. The number of hydrogen-bond acceptors (Lipinski definition) is 5. The van der Waals surface area contributed by atoms with Gasteiger partial charge in [0.05, 0.1) is 5.56 Å². The number of nitrogens with zero attached hydrogens (tertiary/aromatic N) is 4. The Morgan fingerprint density at radius 1 is 0.857 bits per heavy atom. The van der Waals surface area contributed by atoms with E-state index < -0.39 is 23.6 Å². The highest BCUT2D eigenvalue weighted by atomic mass is 19.4. The zero-order valence-corrected chi connectivity index (χ0v) is 14.6. The van der Waals surface area contributed by atoms with E-state index in [0.717, 1.165) is 12.1 Å². The van der Waals surface area contributed by atoms with Crippen molar-refractivity contribution in [1.82, 2.24) is 9.97 Å². The molecule has 11 heteroatoms. The molecule has 2 N–H and O–H groups in total. The van der Waals surface area contributed by atoms with Crippen LogP contribution >= 0.6 is 0 Å². The Kier molecular flexibility index (Phi) is 5.37.